The van der Waals surface area contributed by atoms with Gasteiger partial charge in [-0.3, -0.25) is 0 Å². The molecular formula is C15H21NO4S. The van der Waals surface area contributed by atoms with E-state index in [0.29, 0.717) is 0 Å². The Hall–Kier alpha value is -1.40. The SMILES string of the molecule is CCOC(=O)[C@@]1(N)[C@@H](c2ccc(C)cc2)[C@@H]1S(=O)(=O)CC. The summed E-state index contributed by atoms with van der Waals surface area (Å²) in [6, 6.07) is 7.42. The van der Waals surface area contributed by atoms with Gasteiger partial charge in [-0.05, 0) is 19.4 Å². The Morgan fingerprint density at radius 3 is 2.33 bits per heavy atom. The van der Waals surface area contributed by atoms with Crippen LogP contribution in [0.4, 0.5) is 0 Å². The maximum Gasteiger partial charge on any atom is 0.328 e. The van der Waals surface area contributed by atoms with Crippen LogP contribution in [0.15, 0.2) is 24.3 Å². The maximum atomic E-state index is 12.2. The normalized spacial score (nSPS) is 28.2. The van der Waals surface area contributed by atoms with Crippen molar-refractivity contribution in [3.05, 3.63) is 35.4 Å². The van der Waals surface area contributed by atoms with Gasteiger partial charge in [-0.2, -0.15) is 0 Å². The summed E-state index contributed by atoms with van der Waals surface area (Å²) in [5, 5.41) is -0.906. The van der Waals surface area contributed by atoms with E-state index in [0.717, 1.165) is 11.1 Å². The Kier molecular flexibility index (Phi) is 4.13. The Bertz CT molecular complexity index is 638. The molecule has 21 heavy (non-hydrogen) atoms. The molecule has 0 heterocycles. The van der Waals surface area contributed by atoms with Crippen LogP contribution in [0.25, 0.3) is 0 Å². The molecule has 0 unspecified atom stereocenters. The second-order valence-electron chi connectivity index (χ2n) is 5.41. The van der Waals surface area contributed by atoms with E-state index in [4.69, 9.17) is 10.5 Å². The molecule has 1 aliphatic rings. The van der Waals surface area contributed by atoms with Crippen LogP contribution < -0.4 is 5.73 Å². The van der Waals surface area contributed by atoms with Gasteiger partial charge in [-0.15, -0.1) is 0 Å². The fraction of sp³-hybridized carbons (Fsp3) is 0.533. The first-order chi connectivity index (χ1) is 9.79. The number of carbonyl (C=O) groups excluding carboxylic acids is 1. The first kappa shape index (κ1) is 16.0. The summed E-state index contributed by atoms with van der Waals surface area (Å²) < 4.78 is 29.5. The third kappa shape index (κ3) is 2.58. The Labute approximate surface area is 125 Å². The number of hydrogen-bond donors (Lipinski definition) is 1. The van der Waals surface area contributed by atoms with Gasteiger partial charge in [-0.1, -0.05) is 36.8 Å². The van der Waals surface area contributed by atoms with Crippen molar-refractivity contribution in [2.75, 3.05) is 12.4 Å². The summed E-state index contributed by atoms with van der Waals surface area (Å²) in [6.07, 6.45) is 0. The third-order valence-corrected chi connectivity index (χ3v) is 6.27. The molecule has 1 aromatic rings. The monoisotopic (exact) mass is 311 g/mol. The number of benzene rings is 1. The fourth-order valence-corrected chi connectivity index (χ4v) is 4.70. The smallest absolute Gasteiger partial charge is 0.328 e. The molecule has 0 radical (unpaired) electrons. The lowest BCUT2D eigenvalue weighted by Crippen LogP contribution is -2.41. The first-order valence-corrected chi connectivity index (χ1v) is 8.74. The second kappa shape index (κ2) is 5.42. The second-order valence-corrected chi connectivity index (χ2v) is 7.82. The van der Waals surface area contributed by atoms with Crippen molar-refractivity contribution in [1.29, 1.82) is 0 Å². The zero-order valence-electron chi connectivity index (χ0n) is 12.5. The van der Waals surface area contributed by atoms with Crippen LogP contribution >= 0.6 is 0 Å². The molecular weight excluding hydrogens is 290 g/mol. The number of esters is 1. The van der Waals surface area contributed by atoms with Gasteiger partial charge in [0, 0.05) is 11.7 Å². The van der Waals surface area contributed by atoms with Crippen LogP contribution in [-0.2, 0) is 19.4 Å². The molecule has 0 aromatic heterocycles. The van der Waals surface area contributed by atoms with Crippen molar-refractivity contribution in [1.82, 2.24) is 0 Å². The zero-order valence-corrected chi connectivity index (χ0v) is 13.3. The zero-order chi connectivity index (χ0) is 15.8. The van der Waals surface area contributed by atoms with Gasteiger partial charge in [0.25, 0.3) is 0 Å². The Morgan fingerprint density at radius 1 is 1.29 bits per heavy atom. The van der Waals surface area contributed by atoms with Crippen molar-refractivity contribution >= 4 is 15.8 Å². The molecule has 0 aliphatic heterocycles. The number of nitrogens with two attached hydrogens (primary N) is 1. The summed E-state index contributed by atoms with van der Waals surface area (Å²) >= 11 is 0. The van der Waals surface area contributed by atoms with Crippen LogP contribution in [0, 0.1) is 6.92 Å². The summed E-state index contributed by atoms with van der Waals surface area (Å²) in [4.78, 5) is 12.1. The van der Waals surface area contributed by atoms with Gasteiger partial charge < -0.3 is 10.5 Å². The Balaban J connectivity index is 2.42. The quantitative estimate of drug-likeness (QED) is 0.825. The van der Waals surface area contributed by atoms with E-state index in [2.05, 4.69) is 0 Å². The average Bonchev–Trinajstić information content (AvgIpc) is 3.09. The largest absolute Gasteiger partial charge is 0.465 e. The van der Waals surface area contributed by atoms with E-state index < -0.39 is 32.5 Å². The molecule has 1 aromatic carbocycles. The minimum Gasteiger partial charge on any atom is -0.465 e. The van der Waals surface area contributed by atoms with Gasteiger partial charge in [0.1, 0.15) is 5.54 Å². The number of hydrogen-bond acceptors (Lipinski definition) is 5. The van der Waals surface area contributed by atoms with E-state index in [1.165, 1.54) is 0 Å². The lowest BCUT2D eigenvalue weighted by molar-refractivity contribution is -0.145. The summed E-state index contributed by atoms with van der Waals surface area (Å²) in [5.74, 6) is -1.22. The van der Waals surface area contributed by atoms with Gasteiger partial charge in [0.15, 0.2) is 9.84 Å². The third-order valence-electron chi connectivity index (χ3n) is 4.03. The lowest BCUT2D eigenvalue weighted by Gasteiger charge is -2.11. The minimum atomic E-state index is -3.43. The highest BCUT2D eigenvalue weighted by molar-refractivity contribution is 7.92. The fourth-order valence-electron chi connectivity index (χ4n) is 2.78. The molecule has 3 atom stereocenters. The van der Waals surface area contributed by atoms with Crippen LogP contribution in [0.5, 0.6) is 0 Å². The van der Waals surface area contributed by atoms with E-state index in [9.17, 15) is 13.2 Å². The van der Waals surface area contributed by atoms with E-state index in [1.807, 2.05) is 31.2 Å². The average molecular weight is 311 g/mol. The number of rotatable bonds is 5. The maximum absolute atomic E-state index is 12.2. The standard InChI is InChI=1S/C15H21NO4S/c1-4-20-14(17)15(16)12(13(15)21(18,19)5-2)11-8-6-10(3)7-9-11/h6-9,12-13H,4-5,16H2,1-3H3/t12-,13-,15+/m0/s1. The number of sulfone groups is 1. The van der Waals surface area contributed by atoms with Crippen molar-refractivity contribution in [2.24, 2.45) is 5.73 Å². The highest BCUT2D eigenvalue weighted by atomic mass is 32.2. The topological polar surface area (TPSA) is 86.5 Å². The van der Waals surface area contributed by atoms with Gasteiger partial charge in [0.2, 0.25) is 0 Å². The summed E-state index contributed by atoms with van der Waals surface area (Å²) in [7, 11) is -3.43. The van der Waals surface area contributed by atoms with Crippen LogP contribution in [0.2, 0.25) is 0 Å². The van der Waals surface area contributed by atoms with Crippen molar-refractivity contribution < 1.29 is 17.9 Å². The summed E-state index contributed by atoms with van der Waals surface area (Å²) in [5.41, 5.74) is 6.50. The molecule has 2 rings (SSSR count). The first-order valence-electron chi connectivity index (χ1n) is 7.03. The van der Waals surface area contributed by atoms with Gasteiger partial charge in [-0.25, -0.2) is 13.2 Å². The van der Waals surface area contributed by atoms with Crippen LogP contribution in [0.3, 0.4) is 0 Å². The molecule has 0 saturated heterocycles. The van der Waals surface area contributed by atoms with Crippen LogP contribution in [-0.4, -0.2) is 37.5 Å². The molecule has 5 nitrogen and oxygen atoms in total. The molecule has 1 aliphatic carbocycles. The van der Waals surface area contributed by atoms with Gasteiger partial charge in [0.05, 0.1) is 11.9 Å². The minimum absolute atomic E-state index is 0.0433. The molecule has 2 N–H and O–H groups in total. The van der Waals surface area contributed by atoms with Gasteiger partial charge >= 0.3 is 5.97 Å². The molecule has 116 valence electrons. The number of aryl methyl sites for hydroxylation is 1. The lowest BCUT2D eigenvalue weighted by atomic mass is 10.1. The van der Waals surface area contributed by atoms with Crippen molar-refractivity contribution in [3.63, 3.8) is 0 Å². The van der Waals surface area contributed by atoms with E-state index >= 15 is 0 Å². The predicted molar refractivity (Wildman–Crippen MR) is 80.7 cm³/mol. The molecule has 0 amide bonds. The van der Waals surface area contributed by atoms with Crippen LogP contribution in [0.1, 0.15) is 30.9 Å². The van der Waals surface area contributed by atoms with Crippen molar-refractivity contribution in [2.45, 2.75) is 37.5 Å². The molecule has 1 saturated carbocycles. The summed E-state index contributed by atoms with van der Waals surface area (Å²) in [6.45, 7) is 5.36. The molecule has 0 spiro atoms. The number of carbonyl (C=O) groups is 1. The molecule has 0 bridgehead atoms. The predicted octanol–water partition coefficient (Wildman–Crippen LogP) is 1.16. The number of ether oxygens (including phenoxy) is 1. The highest BCUT2D eigenvalue weighted by Gasteiger charge is 2.74. The molecule has 6 heteroatoms. The van der Waals surface area contributed by atoms with Crippen molar-refractivity contribution in [3.8, 4) is 0 Å². The highest BCUT2D eigenvalue weighted by Crippen LogP contribution is 2.55. The van der Waals surface area contributed by atoms with E-state index in [-0.39, 0.29) is 12.4 Å². The molecule has 1 fully saturated rings. The Morgan fingerprint density at radius 2 is 1.86 bits per heavy atom. The van der Waals surface area contributed by atoms with E-state index in [1.54, 1.807) is 13.8 Å².